The monoisotopic (exact) mass is 231 g/mol. The van der Waals surface area contributed by atoms with Gasteiger partial charge in [0, 0.05) is 17.8 Å². The van der Waals surface area contributed by atoms with Crippen molar-refractivity contribution in [2.45, 2.75) is 65.5 Å². The number of hydrogen-bond acceptors (Lipinski definition) is 1. The van der Waals surface area contributed by atoms with Crippen LogP contribution in [0.4, 0.5) is 5.69 Å². The zero-order valence-electron chi connectivity index (χ0n) is 11.7. The van der Waals surface area contributed by atoms with Crippen LogP contribution in [0, 0.1) is 0 Å². The molecule has 0 unspecified atom stereocenters. The molecule has 0 N–H and O–H groups in total. The lowest BCUT2D eigenvalue weighted by atomic mass is 10.0. The molecule has 0 amide bonds. The van der Waals surface area contributed by atoms with Crippen LogP contribution < -0.4 is 4.90 Å². The van der Waals surface area contributed by atoms with Crippen LogP contribution in [0.25, 0.3) is 0 Å². The third-order valence-electron chi connectivity index (χ3n) is 4.10. The number of hydrogen-bond donors (Lipinski definition) is 0. The average molecular weight is 231 g/mol. The lowest BCUT2D eigenvalue weighted by Gasteiger charge is -2.29. The standard InChI is InChI=1S/C16H25N/c1-5-14-9-15(6-2)11-16(10-14)17-12(3)7-8-13(17)4/h9-13H,5-8H2,1-4H3/t12-,13+. The maximum absolute atomic E-state index is 2.61. The highest BCUT2D eigenvalue weighted by Crippen LogP contribution is 2.31. The van der Waals surface area contributed by atoms with Crippen molar-refractivity contribution < 1.29 is 0 Å². The van der Waals surface area contributed by atoms with Gasteiger partial charge in [0.1, 0.15) is 0 Å². The van der Waals surface area contributed by atoms with Crippen molar-refractivity contribution in [1.29, 1.82) is 0 Å². The van der Waals surface area contributed by atoms with E-state index < -0.39 is 0 Å². The van der Waals surface area contributed by atoms with E-state index in [0.717, 1.165) is 12.8 Å². The molecule has 0 aliphatic carbocycles. The summed E-state index contributed by atoms with van der Waals surface area (Å²) in [6.07, 6.45) is 4.94. The van der Waals surface area contributed by atoms with Gasteiger partial charge in [-0.25, -0.2) is 0 Å². The second kappa shape index (κ2) is 5.12. The molecule has 1 heteroatoms. The van der Waals surface area contributed by atoms with Gasteiger partial charge >= 0.3 is 0 Å². The minimum atomic E-state index is 0.696. The summed E-state index contributed by atoms with van der Waals surface area (Å²) in [4.78, 5) is 2.61. The number of benzene rings is 1. The van der Waals surface area contributed by atoms with Gasteiger partial charge < -0.3 is 4.90 Å². The number of aryl methyl sites for hydroxylation is 2. The summed E-state index contributed by atoms with van der Waals surface area (Å²) in [5, 5.41) is 0. The maximum atomic E-state index is 2.61. The summed E-state index contributed by atoms with van der Waals surface area (Å²) in [5.41, 5.74) is 4.40. The van der Waals surface area contributed by atoms with Gasteiger partial charge in [0.15, 0.2) is 0 Å². The average Bonchev–Trinajstić information content (AvgIpc) is 2.68. The predicted molar refractivity (Wildman–Crippen MR) is 75.8 cm³/mol. The molecule has 2 rings (SSSR count). The van der Waals surface area contributed by atoms with Crippen LogP contribution in [0.2, 0.25) is 0 Å². The van der Waals surface area contributed by atoms with Crippen LogP contribution in [0.3, 0.4) is 0 Å². The van der Waals surface area contributed by atoms with Crippen LogP contribution in [-0.2, 0) is 12.8 Å². The summed E-state index contributed by atoms with van der Waals surface area (Å²) in [6, 6.07) is 8.52. The zero-order valence-corrected chi connectivity index (χ0v) is 11.7. The Morgan fingerprint density at radius 3 is 1.82 bits per heavy atom. The predicted octanol–water partition coefficient (Wildman–Crippen LogP) is 4.19. The molecule has 1 aliphatic heterocycles. The second-order valence-electron chi connectivity index (χ2n) is 5.40. The van der Waals surface area contributed by atoms with Gasteiger partial charge in [-0.1, -0.05) is 19.9 Å². The third kappa shape index (κ3) is 2.48. The molecule has 1 heterocycles. The molecule has 0 aromatic heterocycles. The Hall–Kier alpha value is -0.980. The maximum Gasteiger partial charge on any atom is 0.0376 e. The van der Waals surface area contributed by atoms with Gasteiger partial charge in [0.2, 0.25) is 0 Å². The molecule has 0 bridgehead atoms. The first-order valence-electron chi connectivity index (χ1n) is 7.06. The van der Waals surface area contributed by atoms with E-state index in [0.29, 0.717) is 12.1 Å². The summed E-state index contributed by atoms with van der Waals surface area (Å²) in [6.45, 7) is 9.20. The van der Waals surface area contributed by atoms with Gasteiger partial charge in [-0.05, 0) is 62.8 Å². The highest BCUT2D eigenvalue weighted by molar-refractivity contribution is 5.53. The van der Waals surface area contributed by atoms with Crippen LogP contribution in [-0.4, -0.2) is 12.1 Å². The molecular weight excluding hydrogens is 206 g/mol. The molecule has 0 radical (unpaired) electrons. The number of rotatable bonds is 3. The lowest BCUT2D eigenvalue weighted by Crippen LogP contribution is -2.32. The normalized spacial score (nSPS) is 24.4. The Morgan fingerprint density at radius 2 is 1.41 bits per heavy atom. The molecular formula is C16H25N. The Morgan fingerprint density at radius 1 is 0.941 bits per heavy atom. The first kappa shape index (κ1) is 12.5. The fourth-order valence-electron chi connectivity index (χ4n) is 3.00. The van der Waals surface area contributed by atoms with Gasteiger partial charge in [0.25, 0.3) is 0 Å². The summed E-state index contributed by atoms with van der Waals surface area (Å²) >= 11 is 0. The van der Waals surface area contributed by atoms with E-state index in [9.17, 15) is 0 Å². The van der Waals surface area contributed by atoms with Gasteiger partial charge in [-0.3, -0.25) is 0 Å². The lowest BCUT2D eigenvalue weighted by molar-refractivity contribution is 0.693. The molecule has 94 valence electrons. The fourth-order valence-corrected chi connectivity index (χ4v) is 3.00. The van der Waals surface area contributed by atoms with Gasteiger partial charge in [-0.15, -0.1) is 0 Å². The van der Waals surface area contributed by atoms with E-state index in [2.05, 4.69) is 50.8 Å². The molecule has 0 spiro atoms. The van der Waals surface area contributed by atoms with Crippen molar-refractivity contribution in [2.75, 3.05) is 4.90 Å². The highest BCUT2D eigenvalue weighted by atomic mass is 15.2. The Kier molecular flexibility index (Phi) is 3.76. The van der Waals surface area contributed by atoms with Crippen LogP contribution in [0.15, 0.2) is 18.2 Å². The van der Waals surface area contributed by atoms with E-state index in [1.165, 1.54) is 29.7 Å². The van der Waals surface area contributed by atoms with Crippen LogP contribution in [0.1, 0.15) is 51.7 Å². The molecule has 1 aromatic rings. The zero-order chi connectivity index (χ0) is 12.4. The minimum absolute atomic E-state index is 0.696. The molecule has 0 saturated carbocycles. The van der Waals surface area contributed by atoms with Crippen molar-refractivity contribution in [2.24, 2.45) is 0 Å². The van der Waals surface area contributed by atoms with E-state index in [1.807, 2.05) is 0 Å². The van der Waals surface area contributed by atoms with Crippen molar-refractivity contribution in [3.05, 3.63) is 29.3 Å². The largest absolute Gasteiger partial charge is 0.366 e. The van der Waals surface area contributed by atoms with E-state index in [1.54, 1.807) is 0 Å². The van der Waals surface area contributed by atoms with Gasteiger partial charge in [-0.2, -0.15) is 0 Å². The molecule has 1 aliphatic rings. The minimum Gasteiger partial charge on any atom is -0.366 e. The third-order valence-corrected chi connectivity index (χ3v) is 4.10. The Bertz CT molecular complexity index is 351. The van der Waals surface area contributed by atoms with Crippen LogP contribution >= 0.6 is 0 Å². The molecule has 1 nitrogen and oxygen atoms in total. The molecule has 1 aromatic carbocycles. The number of anilines is 1. The van der Waals surface area contributed by atoms with E-state index >= 15 is 0 Å². The quantitative estimate of drug-likeness (QED) is 0.754. The summed E-state index contributed by atoms with van der Waals surface area (Å²) in [7, 11) is 0. The first-order valence-corrected chi connectivity index (χ1v) is 7.06. The Balaban J connectivity index is 2.36. The fraction of sp³-hybridized carbons (Fsp3) is 0.625. The second-order valence-corrected chi connectivity index (χ2v) is 5.40. The van der Waals surface area contributed by atoms with Gasteiger partial charge in [0.05, 0.1) is 0 Å². The highest BCUT2D eigenvalue weighted by Gasteiger charge is 2.27. The molecule has 17 heavy (non-hydrogen) atoms. The van der Waals surface area contributed by atoms with E-state index in [-0.39, 0.29) is 0 Å². The van der Waals surface area contributed by atoms with Crippen molar-refractivity contribution in [3.8, 4) is 0 Å². The first-order chi connectivity index (χ1) is 8.15. The van der Waals surface area contributed by atoms with Crippen molar-refractivity contribution in [1.82, 2.24) is 0 Å². The topological polar surface area (TPSA) is 3.24 Å². The molecule has 1 fully saturated rings. The van der Waals surface area contributed by atoms with Crippen molar-refractivity contribution in [3.63, 3.8) is 0 Å². The summed E-state index contributed by atoms with van der Waals surface area (Å²) < 4.78 is 0. The Labute approximate surface area is 106 Å². The number of nitrogens with zero attached hydrogens (tertiary/aromatic N) is 1. The molecule has 1 saturated heterocycles. The van der Waals surface area contributed by atoms with E-state index in [4.69, 9.17) is 0 Å². The summed E-state index contributed by atoms with van der Waals surface area (Å²) in [5.74, 6) is 0. The van der Waals surface area contributed by atoms with Crippen LogP contribution in [0.5, 0.6) is 0 Å². The van der Waals surface area contributed by atoms with Crippen molar-refractivity contribution >= 4 is 5.69 Å². The smallest absolute Gasteiger partial charge is 0.0376 e. The molecule has 2 atom stereocenters. The SMILES string of the molecule is CCc1cc(CC)cc(N2[C@H](C)CC[C@@H]2C)c1.